The van der Waals surface area contributed by atoms with Crippen LogP contribution in [0.5, 0.6) is 0 Å². The van der Waals surface area contributed by atoms with Crippen molar-refractivity contribution in [3.05, 3.63) is 52.8 Å². The van der Waals surface area contributed by atoms with Gasteiger partial charge < -0.3 is 4.90 Å². The van der Waals surface area contributed by atoms with E-state index in [-0.39, 0.29) is 5.91 Å². The van der Waals surface area contributed by atoms with E-state index in [1.54, 1.807) is 11.1 Å². The Morgan fingerprint density at radius 1 is 1.44 bits per heavy atom. The molecule has 1 heterocycles. The first-order chi connectivity index (χ1) is 8.72. The molecule has 1 aromatic heterocycles. The Labute approximate surface area is 111 Å². The van der Waals surface area contributed by atoms with E-state index in [9.17, 15) is 4.79 Å². The highest BCUT2D eigenvalue weighted by Crippen LogP contribution is 2.17. The van der Waals surface area contributed by atoms with Crippen molar-refractivity contribution in [1.82, 2.24) is 15.1 Å². The van der Waals surface area contributed by atoms with Crippen LogP contribution in [0.25, 0.3) is 0 Å². The summed E-state index contributed by atoms with van der Waals surface area (Å²) in [6, 6.07) is 7.54. The van der Waals surface area contributed by atoms with Gasteiger partial charge in [-0.1, -0.05) is 29.8 Å². The molecule has 1 aromatic carbocycles. The smallest absolute Gasteiger partial charge is 0.257 e. The highest BCUT2D eigenvalue weighted by atomic mass is 35.5. The lowest BCUT2D eigenvalue weighted by Gasteiger charge is -2.20. The first-order valence-electron chi connectivity index (χ1n) is 5.74. The molecule has 4 nitrogen and oxygen atoms in total. The van der Waals surface area contributed by atoms with Gasteiger partial charge in [0.25, 0.3) is 5.91 Å². The molecular formula is C13H14ClN3O. The van der Waals surface area contributed by atoms with Crippen molar-refractivity contribution in [3.8, 4) is 0 Å². The van der Waals surface area contributed by atoms with Crippen LogP contribution in [-0.2, 0) is 6.54 Å². The average molecular weight is 264 g/mol. The Balaban J connectivity index is 2.15. The molecule has 0 spiro atoms. The van der Waals surface area contributed by atoms with Crippen molar-refractivity contribution in [3.63, 3.8) is 0 Å². The van der Waals surface area contributed by atoms with E-state index >= 15 is 0 Å². The number of aromatic amines is 1. The van der Waals surface area contributed by atoms with Crippen molar-refractivity contribution in [2.75, 3.05) is 6.54 Å². The first kappa shape index (κ1) is 12.6. The van der Waals surface area contributed by atoms with Crippen LogP contribution in [-0.4, -0.2) is 27.5 Å². The van der Waals surface area contributed by atoms with E-state index < -0.39 is 0 Å². The van der Waals surface area contributed by atoms with Crippen LogP contribution in [0.4, 0.5) is 0 Å². The number of amides is 1. The summed E-state index contributed by atoms with van der Waals surface area (Å²) in [4.78, 5) is 13.9. The molecule has 94 valence electrons. The maximum absolute atomic E-state index is 12.2. The molecule has 2 aromatic rings. The summed E-state index contributed by atoms with van der Waals surface area (Å²) < 4.78 is 0. The maximum atomic E-state index is 12.2. The molecule has 0 aliphatic carbocycles. The predicted octanol–water partition coefficient (Wildman–Crippen LogP) is 2.73. The standard InChI is InChI=1S/C13H14ClN3O/c1-2-17(13(18)11-7-15-16-8-11)9-10-5-3-4-6-12(10)14/h3-8H,2,9H2,1H3,(H,15,16). The third-order valence-corrected chi connectivity index (χ3v) is 3.10. The summed E-state index contributed by atoms with van der Waals surface area (Å²) >= 11 is 6.10. The van der Waals surface area contributed by atoms with Gasteiger partial charge in [-0.25, -0.2) is 0 Å². The molecule has 0 saturated heterocycles. The molecule has 0 fully saturated rings. The van der Waals surface area contributed by atoms with Crippen LogP contribution in [0.2, 0.25) is 5.02 Å². The molecule has 0 aliphatic heterocycles. The third kappa shape index (κ3) is 2.71. The van der Waals surface area contributed by atoms with Crippen molar-refractivity contribution in [1.29, 1.82) is 0 Å². The second-order valence-electron chi connectivity index (χ2n) is 3.90. The largest absolute Gasteiger partial charge is 0.334 e. The Hall–Kier alpha value is -1.81. The number of nitrogens with zero attached hydrogens (tertiary/aromatic N) is 2. The van der Waals surface area contributed by atoms with Crippen LogP contribution < -0.4 is 0 Å². The van der Waals surface area contributed by atoms with Crippen LogP contribution in [0, 0.1) is 0 Å². The van der Waals surface area contributed by atoms with Crippen molar-refractivity contribution >= 4 is 17.5 Å². The summed E-state index contributed by atoms with van der Waals surface area (Å²) in [7, 11) is 0. The Morgan fingerprint density at radius 2 is 2.22 bits per heavy atom. The summed E-state index contributed by atoms with van der Waals surface area (Å²) in [6.07, 6.45) is 3.12. The van der Waals surface area contributed by atoms with Gasteiger partial charge in [-0.2, -0.15) is 5.10 Å². The number of aromatic nitrogens is 2. The van der Waals surface area contributed by atoms with Crippen LogP contribution in [0.3, 0.4) is 0 Å². The lowest BCUT2D eigenvalue weighted by molar-refractivity contribution is 0.0753. The highest BCUT2D eigenvalue weighted by Gasteiger charge is 2.16. The zero-order chi connectivity index (χ0) is 13.0. The number of rotatable bonds is 4. The minimum absolute atomic E-state index is 0.0498. The quantitative estimate of drug-likeness (QED) is 0.922. The van der Waals surface area contributed by atoms with Gasteiger partial charge in [-0.3, -0.25) is 9.89 Å². The Morgan fingerprint density at radius 3 is 2.83 bits per heavy atom. The predicted molar refractivity (Wildman–Crippen MR) is 70.5 cm³/mol. The lowest BCUT2D eigenvalue weighted by Crippen LogP contribution is -2.30. The van der Waals surface area contributed by atoms with Gasteiger partial charge in [-0.15, -0.1) is 0 Å². The molecule has 0 saturated carbocycles. The van der Waals surface area contributed by atoms with E-state index in [0.29, 0.717) is 23.7 Å². The fraction of sp³-hybridized carbons (Fsp3) is 0.231. The van der Waals surface area contributed by atoms with Gasteiger partial charge in [0.2, 0.25) is 0 Å². The van der Waals surface area contributed by atoms with Crippen LogP contribution in [0.15, 0.2) is 36.7 Å². The SMILES string of the molecule is CCN(Cc1ccccc1Cl)C(=O)c1cn[nH]c1. The summed E-state index contributed by atoms with van der Waals surface area (Å²) in [5.41, 5.74) is 1.50. The van der Waals surface area contributed by atoms with Gasteiger partial charge in [0.05, 0.1) is 11.8 Å². The molecule has 0 bridgehead atoms. The number of H-pyrrole nitrogens is 1. The topological polar surface area (TPSA) is 49.0 Å². The first-order valence-corrected chi connectivity index (χ1v) is 6.11. The van der Waals surface area contributed by atoms with Crippen molar-refractivity contribution in [2.45, 2.75) is 13.5 Å². The minimum Gasteiger partial charge on any atom is -0.334 e. The summed E-state index contributed by atoms with van der Waals surface area (Å²) in [6.45, 7) is 3.06. The third-order valence-electron chi connectivity index (χ3n) is 2.73. The number of hydrogen-bond acceptors (Lipinski definition) is 2. The second-order valence-corrected chi connectivity index (χ2v) is 4.30. The van der Waals surface area contributed by atoms with E-state index in [1.165, 1.54) is 6.20 Å². The lowest BCUT2D eigenvalue weighted by atomic mass is 10.2. The second kappa shape index (κ2) is 5.69. The summed E-state index contributed by atoms with van der Waals surface area (Å²) in [5.74, 6) is -0.0498. The van der Waals surface area contributed by atoms with Gasteiger partial charge in [0.15, 0.2) is 0 Å². The van der Waals surface area contributed by atoms with Gasteiger partial charge >= 0.3 is 0 Å². The van der Waals surface area contributed by atoms with E-state index in [1.807, 2.05) is 31.2 Å². The molecule has 1 amide bonds. The molecule has 0 radical (unpaired) electrons. The molecule has 1 N–H and O–H groups in total. The van der Waals surface area contributed by atoms with Gasteiger partial charge in [-0.05, 0) is 18.6 Å². The normalized spacial score (nSPS) is 10.3. The minimum atomic E-state index is -0.0498. The van der Waals surface area contributed by atoms with Gasteiger partial charge in [0.1, 0.15) is 0 Å². The number of carbonyl (C=O) groups is 1. The van der Waals surface area contributed by atoms with Crippen molar-refractivity contribution in [2.24, 2.45) is 0 Å². The number of carbonyl (C=O) groups excluding carboxylic acids is 1. The van der Waals surface area contributed by atoms with Crippen LogP contribution in [0.1, 0.15) is 22.8 Å². The molecule has 0 atom stereocenters. The van der Waals surface area contributed by atoms with Crippen molar-refractivity contribution < 1.29 is 4.79 Å². The summed E-state index contributed by atoms with van der Waals surface area (Å²) in [5, 5.41) is 7.10. The van der Waals surface area contributed by atoms with E-state index in [4.69, 9.17) is 11.6 Å². The molecule has 5 heteroatoms. The Bertz CT molecular complexity index is 525. The van der Waals surface area contributed by atoms with E-state index in [2.05, 4.69) is 10.2 Å². The monoisotopic (exact) mass is 263 g/mol. The molecule has 0 aliphatic rings. The number of benzene rings is 1. The fourth-order valence-electron chi connectivity index (χ4n) is 1.71. The fourth-order valence-corrected chi connectivity index (χ4v) is 1.91. The average Bonchev–Trinajstić information content (AvgIpc) is 2.91. The number of nitrogens with one attached hydrogen (secondary N) is 1. The maximum Gasteiger partial charge on any atom is 0.257 e. The van der Waals surface area contributed by atoms with Crippen LogP contribution >= 0.6 is 11.6 Å². The molecule has 0 unspecified atom stereocenters. The Kier molecular flexibility index (Phi) is 3.99. The number of hydrogen-bond donors (Lipinski definition) is 1. The van der Waals surface area contributed by atoms with E-state index in [0.717, 1.165) is 5.56 Å². The highest BCUT2D eigenvalue weighted by molar-refractivity contribution is 6.31. The molecular weight excluding hydrogens is 250 g/mol. The zero-order valence-electron chi connectivity index (χ0n) is 10.1. The molecule has 2 rings (SSSR count). The van der Waals surface area contributed by atoms with Gasteiger partial charge in [0, 0.05) is 24.3 Å². The number of halogens is 1. The zero-order valence-corrected chi connectivity index (χ0v) is 10.8. The molecule has 18 heavy (non-hydrogen) atoms.